The first-order valence-corrected chi connectivity index (χ1v) is 7.72. The third-order valence-corrected chi connectivity index (χ3v) is 3.60. The van der Waals surface area contributed by atoms with Gasteiger partial charge in [-0.25, -0.2) is 0 Å². The monoisotopic (exact) mass is 307 g/mol. The Morgan fingerprint density at radius 3 is 2.27 bits per heavy atom. The normalized spacial score (nSPS) is 11.9. The van der Waals surface area contributed by atoms with Crippen LogP contribution in [0.25, 0.3) is 0 Å². The Kier molecular flexibility index (Phi) is 7.43. The molecule has 0 fully saturated rings. The summed E-state index contributed by atoms with van der Waals surface area (Å²) in [6.45, 7) is 5.10. The summed E-state index contributed by atoms with van der Waals surface area (Å²) in [5.74, 6) is -2.10. The van der Waals surface area contributed by atoms with Crippen LogP contribution in [-0.4, -0.2) is 35.2 Å². The Morgan fingerprint density at radius 1 is 1.14 bits per heavy atom. The molecule has 0 radical (unpaired) electrons. The van der Waals surface area contributed by atoms with Crippen molar-refractivity contribution in [2.24, 2.45) is 5.92 Å². The van der Waals surface area contributed by atoms with Crippen LogP contribution in [0.2, 0.25) is 0 Å². The minimum atomic E-state index is -0.855. The lowest BCUT2D eigenvalue weighted by Gasteiger charge is -2.27. The number of benzene rings is 1. The number of unbranched alkanes of at least 4 members (excludes halogenated alkanes) is 2. The lowest BCUT2D eigenvalue weighted by molar-refractivity contribution is -0.141. The molecule has 1 atom stereocenters. The Morgan fingerprint density at radius 2 is 1.77 bits per heavy atom. The molecule has 5 heteroatoms. The van der Waals surface area contributed by atoms with Crippen molar-refractivity contribution in [2.75, 3.05) is 18.0 Å². The van der Waals surface area contributed by atoms with E-state index in [9.17, 15) is 9.59 Å². The maximum Gasteiger partial charge on any atom is 0.308 e. The Bertz CT molecular complexity index is 484. The van der Waals surface area contributed by atoms with Crippen molar-refractivity contribution in [3.63, 3.8) is 0 Å². The highest BCUT2D eigenvalue weighted by atomic mass is 16.4. The maximum absolute atomic E-state index is 11.1. The number of carbonyl (C=O) groups is 2. The molecule has 0 aliphatic heterocycles. The fraction of sp³-hybridized carbons (Fsp3) is 0.529. The van der Waals surface area contributed by atoms with Gasteiger partial charge in [0.05, 0.1) is 12.3 Å². The summed E-state index contributed by atoms with van der Waals surface area (Å²) >= 11 is 0. The molecule has 122 valence electrons. The summed E-state index contributed by atoms with van der Waals surface area (Å²) in [6, 6.07) is 7.33. The zero-order chi connectivity index (χ0) is 16.5. The van der Waals surface area contributed by atoms with Crippen molar-refractivity contribution in [1.82, 2.24) is 0 Å². The largest absolute Gasteiger partial charge is 0.481 e. The zero-order valence-corrected chi connectivity index (χ0v) is 13.3. The molecule has 0 aliphatic rings. The number of hydrogen-bond donors (Lipinski definition) is 2. The molecule has 0 bridgehead atoms. The molecule has 1 rings (SSSR count). The highest BCUT2D eigenvalue weighted by molar-refractivity contribution is 5.71. The molecule has 0 heterocycles. The van der Waals surface area contributed by atoms with Crippen LogP contribution in [0.3, 0.4) is 0 Å². The van der Waals surface area contributed by atoms with Gasteiger partial charge >= 0.3 is 11.9 Å². The van der Waals surface area contributed by atoms with E-state index < -0.39 is 17.9 Å². The van der Waals surface area contributed by atoms with Gasteiger partial charge in [-0.1, -0.05) is 38.8 Å². The number of nitrogens with zero attached hydrogens (tertiary/aromatic N) is 1. The van der Waals surface area contributed by atoms with Crippen LogP contribution >= 0.6 is 0 Å². The topological polar surface area (TPSA) is 77.8 Å². The van der Waals surface area contributed by atoms with Gasteiger partial charge in [0.25, 0.3) is 0 Å². The Balaban J connectivity index is 2.79. The average molecular weight is 307 g/mol. The predicted octanol–water partition coefficient (Wildman–Crippen LogP) is 3.03. The second-order valence-electron chi connectivity index (χ2n) is 5.63. The van der Waals surface area contributed by atoms with E-state index in [0.29, 0.717) is 6.54 Å². The van der Waals surface area contributed by atoms with E-state index in [-0.39, 0.29) is 6.42 Å². The highest BCUT2D eigenvalue weighted by Gasteiger charge is 2.16. The highest BCUT2D eigenvalue weighted by Crippen LogP contribution is 2.18. The lowest BCUT2D eigenvalue weighted by Crippen LogP contribution is -2.32. The molecule has 0 aromatic heterocycles. The first kappa shape index (κ1) is 18.0. The quantitative estimate of drug-likeness (QED) is 0.650. The average Bonchev–Trinajstić information content (AvgIpc) is 2.46. The van der Waals surface area contributed by atoms with Gasteiger partial charge in [-0.3, -0.25) is 9.59 Å². The van der Waals surface area contributed by atoms with Crippen molar-refractivity contribution >= 4 is 17.6 Å². The van der Waals surface area contributed by atoms with Crippen LogP contribution in [0, 0.1) is 5.92 Å². The maximum atomic E-state index is 11.1. The molecule has 0 saturated carbocycles. The summed E-state index contributed by atoms with van der Waals surface area (Å²) in [5.41, 5.74) is 1.69. The van der Waals surface area contributed by atoms with Crippen LogP contribution in [0.4, 0.5) is 5.69 Å². The third-order valence-electron chi connectivity index (χ3n) is 3.60. The fourth-order valence-corrected chi connectivity index (χ4v) is 2.29. The van der Waals surface area contributed by atoms with Gasteiger partial charge in [-0.05, 0) is 24.1 Å². The van der Waals surface area contributed by atoms with Crippen molar-refractivity contribution in [2.45, 2.75) is 39.5 Å². The molecule has 2 N–H and O–H groups in total. The van der Waals surface area contributed by atoms with Crippen LogP contribution in [0.5, 0.6) is 0 Å². The number of rotatable bonds is 10. The number of anilines is 1. The van der Waals surface area contributed by atoms with Gasteiger partial charge in [0.1, 0.15) is 0 Å². The van der Waals surface area contributed by atoms with Crippen molar-refractivity contribution < 1.29 is 19.8 Å². The number of carboxylic acid groups (broad SMARTS) is 2. The summed E-state index contributed by atoms with van der Waals surface area (Å²) in [4.78, 5) is 23.9. The molecule has 1 aromatic carbocycles. The minimum Gasteiger partial charge on any atom is -0.481 e. The smallest absolute Gasteiger partial charge is 0.308 e. The van der Waals surface area contributed by atoms with Crippen molar-refractivity contribution in [1.29, 1.82) is 0 Å². The van der Waals surface area contributed by atoms with Gasteiger partial charge in [-0.2, -0.15) is 0 Å². The van der Waals surface area contributed by atoms with Gasteiger partial charge < -0.3 is 15.1 Å². The molecule has 0 aliphatic carbocycles. The molecular formula is C17H25NO4. The van der Waals surface area contributed by atoms with Crippen molar-refractivity contribution in [3.05, 3.63) is 29.8 Å². The third kappa shape index (κ3) is 6.16. The second kappa shape index (κ2) is 9.07. The van der Waals surface area contributed by atoms with Gasteiger partial charge in [-0.15, -0.1) is 0 Å². The summed E-state index contributed by atoms with van der Waals surface area (Å²) in [5, 5.41) is 17.9. The molecule has 0 saturated heterocycles. The van der Waals surface area contributed by atoms with Crippen molar-refractivity contribution in [3.8, 4) is 0 Å². The van der Waals surface area contributed by atoms with E-state index in [0.717, 1.165) is 37.1 Å². The van der Waals surface area contributed by atoms with E-state index in [2.05, 4.69) is 11.8 Å². The molecule has 22 heavy (non-hydrogen) atoms. The molecule has 0 amide bonds. The van der Waals surface area contributed by atoms with Crippen LogP contribution in [0.1, 0.15) is 38.7 Å². The standard InChI is InChI=1S/C17H25NO4/c1-3-4-5-10-18(12-13(2)17(21)22)15-8-6-14(7-9-15)11-16(19)20/h6-9,13H,3-5,10-12H2,1-2H3,(H,19,20)(H,21,22). The first-order chi connectivity index (χ1) is 10.4. The predicted molar refractivity (Wildman–Crippen MR) is 86.3 cm³/mol. The van der Waals surface area contributed by atoms with Crippen LogP contribution in [0.15, 0.2) is 24.3 Å². The molecule has 1 aromatic rings. The van der Waals surface area contributed by atoms with E-state index >= 15 is 0 Å². The molecule has 1 unspecified atom stereocenters. The summed E-state index contributed by atoms with van der Waals surface area (Å²) < 4.78 is 0. The molecular weight excluding hydrogens is 282 g/mol. The zero-order valence-electron chi connectivity index (χ0n) is 13.3. The number of hydrogen-bond acceptors (Lipinski definition) is 3. The van der Waals surface area contributed by atoms with Gasteiger partial charge in [0.2, 0.25) is 0 Å². The van der Waals surface area contributed by atoms with Gasteiger partial charge in [0, 0.05) is 18.8 Å². The fourth-order valence-electron chi connectivity index (χ4n) is 2.29. The SMILES string of the molecule is CCCCCN(CC(C)C(=O)O)c1ccc(CC(=O)O)cc1. The summed E-state index contributed by atoms with van der Waals surface area (Å²) in [7, 11) is 0. The molecule has 5 nitrogen and oxygen atoms in total. The minimum absolute atomic E-state index is 0.00163. The Hall–Kier alpha value is -2.04. The van der Waals surface area contributed by atoms with Crippen LogP contribution < -0.4 is 4.90 Å². The second-order valence-corrected chi connectivity index (χ2v) is 5.63. The Labute approximate surface area is 131 Å². The van der Waals surface area contributed by atoms with Gasteiger partial charge in [0.15, 0.2) is 0 Å². The summed E-state index contributed by atoms with van der Waals surface area (Å²) in [6.07, 6.45) is 3.23. The van der Waals surface area contributed by atoms with E-state index in [1.54, 1.807) is 19.1 Å². The number of aliphatic carboxylic acids is 2. The molecule has 0 spiro atoms. The van der Waals surface area contributed by atoms with Crippen LogP contribution in [-0.2, 0) is 16.0 Å². The first-order valence-electron chi connectivity index (χ1n) is 7.72. The number of carboxylic acids is 2. The van der Waals surface area contributed by atoms with E-state index in [4.69, 9.17) is 10.2 Å². The lowest BCUT2D eigenvalue weighted by atomic mass is 10.1. The van der Waals surface area contributed by atoms with E-state index in [1.165, 1.54) is 0 Å². The van der Waals surface area contributed by atoms with E-state index in [1.807, 2.05) is 12.1 Å².